The van der Waals surface area contributed by atoms with Crippen LogP contribution in [0.5, 0.6) is 0 Å². The van der Waals surface area contributed by atoms with Gasteiger partial charge in [-0.3, -0.25) is 0 Å². The van der Waals surface area contributed by atoms with Gasteiger partial charge in [-0.05, 0) is 59.2 Å². The van der Waals surface area contributed by atoms with Crippen molar-refractivity contribution >= 4 is 27.3 Å². The van der Waals surface area contributed by atoms with Crippen LogP contribution in [0.2, 0.25) is 0 Å². The third-order valence-electron chi connectivity index (χ3n) is 2.75. The number of nitrogens with one attached hydrogen (secondary N) is 1. The Labute approximate surface area is 123 Å². The number of hydrogen-bond donors (Lipinski definition) is 1. The highest BCUT2D eigenvalue weighted by atomic mass is 79.9. The lowest BCUT2D eigenvalue weighted by atomic mass is 10.0. The third kappa shape index (κ3) is 3.61. The predicted molar refractivity (Wildman–Crippen MR) is 78.5 cm³/mol. The number of thiophene rings is 1. The van der Waals surface area contributed by atoms with E-state index in [1.165, 1.54) is 23.5 Å². The van der Waals surface area contributed by atoms with Gasteiger partial charge < -0.3 is 5.32 Å². The molecule has 1 N–H and O–H groups in total. The summed E-state index contributed by atoms with van der Waals surface area (Å²) in [5.74, 6) is -0.810. The van der Waals surface area contributed by atoms with E-state index in [1.54, 1.807) is 0 Å². The summed E-state index contributed by atoms with van der Waals surface area (Å²) in [7, 11) is 0. The zero-order chi connectivity index (χ0) is 13.8. The molecule has 0 saturated carbocycles. The molecular formula is C14H14BrF2NS. The Hall–Kier alpha value is -0.780. The van der Waals surface area contributed by atoms with Crippen molar-refractivity contribution in [2.45, 2.75) is 19.4 Å². The van der Waals surface area contributed by atoms with Gasteiger partial charge in [0.1, 0.15) is 11.6 Å². The first-order valence-electron chi connectivity index (χ1n) is 6.05. The summed E-state index contributed by atoms with van der Waals surface area (Å²) in [4.78, 5) is 0.963. The number of rotatable bonds is 5. The van der Waals surface area contributed by atoms with Gasteiger partial charge in [0.25, 0.3) is 0 Å². The fourth-order valence-corrected chi connectivity index (χ4v) is 3.39. The smallest absolute Gasteiger partial charge is 0.128 e. The predicted octanol–water partition coefficient (Wildman–Crippen LogP) is 4.88. The normalized spacial score (nSPS) is 12.6. The Morgan fingerprint density at radius 2 is 2.05 bits per heavy atom. The molecule has 2 aromatic rings. The van der Waals surface area contributed by atoms with E-state index >= 15 is 0 Å². The second-order valence-corrected chi connectivity index (χ2v) is 6.69. The van der Waals surface area contributed by atoms with Gasteiger partial charge in [-0.15, -0.1) is 11.3 Å². The molecule has 1 heterocycles. The van der Waals surface area contributed by atoms with Crippen LogP contribution in [0.1, 0.15) is 29.8 Å². The van der Waals surface area contributed by atoms with Gasteiger partial charge in [0.15, 0.2) is 0 Å². The van der Waals surface area contributed by atoms with Crippen LogP contribution in [0.4, 0.5) is 8.78 Å². The first-order chi connectivity index (χ1) is 9.11. The SMILES string of the molecule is CCCNC(c1ccc(Br)s1)c1cc(F)ccc1F. The minimum absolute atomic E-state index is 0.313. The molecule has 1 atom stereocenters. The molecule has 0 fully saturated rings. The number of halogens is 3. The summed E-state index contributed by atoms with van der Waals surface area (Å²) >= 11 is 4.92. The molecule has 1 unspecified atom stereocenters. The quantitative estimate of drug-likeness (QED) is 0.814. The highest BCUT2D eigenvalue weighted by Crippen LogP contribution is 2.32. The van der Waals surface area contributed by atoms with Gasteiger partial charge in [-0.25, -0.2) is 8.78 Å². The number of benzene rings is 1. The summed E-state index contributed by atoms with van der Waals surface area (Å²) in [5, 5.41) is 3.27. The molecule has 102 valence electrons. The lowest BCUT2D eigenvalue weighted by Gasteiger charge is -2.18. The van der Waals surface area contributed by atoms with Crippen LogP contribution in [0.25, 0.3) is 0 Å². The molecule has 1 nitrogen and oxygen atoms in total. The van der Waals surface area contributed by atoms with E-state index in [4.69, 9.17) is 0 Å². The minimum atomic E-state index is -0.421. The molecule has 0 aliphatic heterocycles. The maximum Gasteiger partial charge on any atom is 0.128 e. The van der Waals surface area contributed by atoms with E-state index < -0.39 is 5.82 Å². The van der Waals surface area contributed by atoms with Crippen LogP contribution in [-0.2, 0) is 0 Å². The Bertz CT molecular complexity index is 556. The van der Waals surface area contributed by atoms with Crippen molar-refractivity contribution in [1.82, 2.24) is 5.32 Å². The second-order valence-electron chi connectivity index (χ2n) is 4.19. The molecule has 19 heavy (non-hydrogen) atoms. The van der Waals surface area contributed by atoms with Crippen molar-refractivity contribution < 1.29 is 8.78 Å². The first kappa shape index (κ1) is 14.6. The molecule has 0 radical (unpaired) electrons. The van der Waals surface area contributed by atoms with E-state index in [0.717, 1.165) is 27.7 Å². The van der Waals surface area contributed by atoms with E-state index in [9.17, 15) is 8.78 Å². The minimum Gasteiger partial charge on any atom is -0.306 e. The maximum absolute atomic E-state index is 13.9. The lowest BCUT2D eigenvalue weighted by molar-refractivity contribution is 0.539. The highest BCUT2D eigenvalue weighted by molar-refractivity contribution is 9.11. The first-order valence-corrected chi connectivity index (χ1v) is 7.66. The monoisotopic (exact) mass is 345 g/mol. The second kappa shape index (κ2) is 6.59. The Morgan fingerprint density at radius 3 is 2.68 bits per heavy atom. The zero-order valence-corrected chi connectivity index (χ0v) is 12.8. The standard InChI is InChI=1S/C14H14BrF2NS/c1-2-7-18-14(12-5-6-13(15)19-12)10-8-9(16)3-4-11(10)17/h3-6,8,14,18H,2,7H2,1H3. The molecule has 0 saturated heterocycles. The van der Waals surface area contributed by atoms with Crippen molar-refractivity contribution in [3.63, 3.8) is 0 Å². The van der Waals surface area contributed by atoms with Gasteiger partial charge in [-0.1, -0.05) is 6.92 Å². The van der Waals surface area contributed by atoms with Gasteiger partial charge in [0.05, 0.1) is 9.83 Å². The fraction of sp³-hybridized carbons (Fsp3) is 0.286. The van der Waals surface area contributed by atoms with Crippen molar-refractivity contribution in [1.29, 1.82) is 0 Å². The van der Waals surface area contributed by atoms with Crippen LogP contribution < -0.4 is 5.32 Å². The summed E-state index contributed by atoms with van der Waals surface area (Å²) in [6, 6.07) is 7.10. The Balaban J connectivity index is 2.39. The van der Waals surface area contributed by atoms with Gasteiger partial charge in [0.2, 0.25) is 0 Å². The summed E-state index contributed by atoms with van der Waals surface area (Å²) in [5.41, 5.74) is 0.350. The van der Waals surface area contributed by atoms with Gasteiger partial charge in [0, 0.05) is 10.4 Å². The summed E-state index contributed by atoms with van der Waals surface area (Å²) in [6.07, 6.45) is 0.931. The van der Waals surface area contributed by atoms with Crippen LogP contribution in [-0.4, -0.2) is 6.54 Å². The molecule has 5 heteroatoms. The average molecular weight is 346 g/mol. The van der Waals surface area contributed by atoms with Crippen LogP contribution in [0, 0.1) is 11.6 Å². The van der Waals surface area contributed by atoms with Crippen LogP contribution in [0.3, 0.4) is 0 Å². The van der Waals surface area contributed by atoms with Crippen LogP contribution >= 0.6 is 27.3 Å². The fourth-order valence-electron chi connectivity index (χ4n) is 1.87. The van der Waals surface area contributed by atoms with Crippen molar-refractivity contribution in [3.05, 3.63) is 56.2 Å². The zero-order valence-electron chi connectivity index (χ0n) is 10.4. The number of hydrogen-bond acceptors (Lipinski definition) is 2. The highest BCUT2D eigenvalue weighted by Gasteiger charge is 2.19. The van der Waals surface area contributed by atoms with Crippen LogP contribution in [0.15, 0.2) is 34.1 Å². The third-order valence-corrected chi connectivity index (χ3v) is 4.43. The maximum atomic E-state index is 13.9. The Kier molecular flexibility index (Phi) is 5.07. The average Bonchev–Trinajstić information content (AvgIpc) is 2.80. The Morgan fingerprint density at radius 1 is 1.26 bits per heavy atom. The topological polar surface area (TPSA) is 12.0 Å². The van der Waals surface area contributed by atoms with E-state index in [2.05, 4.69) is 21.2 Å². The molecule has 0 bridgehead atoms. The van der Waals surface area contributed by atoms with Gasteiger partial charge >= 0.3 is 0 Å². The molecule has 1 aromatic carbocycles. The molecular weight excluding hydrogens is 332 g/mol. The van der Waals surface area contributed by atoms with Crippen molar-refractivity contribution in [2.75, 3.05) is 6.54 Å². The molecule has 0 amide bonds. The molecule has 2 rings (SSSR count). The molecule has 0 aliphatic rings. The van der Waals surface area contributed by atoms with E-state index in [0.29, 0.717) is 5.56 Å². The molecule has 0 spiro atoms. The summed E-state index contributed by atoms with van der Waals surface area (Å²) in [6.45, 7) is 2.78. The summed E-state index contributed by atoms with van der Waals surface area (Å²) < 4.78 is 28.3. The molecule has 1 aromatic heterocycles. The van der Waals surface area contributed by atoms with Gasteiger partial charge in [-0.2, -0.15) is 0 Å². The largest absolute Gasteiger partial charge is 0.306 e. The van der Waals surface area contributed by atoms with E-state index in [1.807, 2.05) is 19.1 Å². The molecule has 0 aliphatic carbocycles. The van der Waals surface area contributed by atoms with Crippen molar-refractivity contribution in [2.24, 2.45) is 0 Å². The lowest BCUT2D eigenvalue weighted by Crippen LogP contribution is -2.23. The van der Waals surface area contributed by atoms with E-state index in [-0.39, 0.29) is 11.9 Å². The van der Waals surface area contributed by atoms with Crippen molar-refractivity contribution in [3.8, 4) is 0 Å².